The molecule has 38 heavy (non-hydrogen) atoms. The van der Waals surface area contributed by atoms with E-state index in [1.807, 2.05) is 70.2 Å². The quantitative estimate of drug-likeness (QED) is 0.234. The fourth-order valence-electron chi connectivity index (χ4n) is 4.89. The number of hydrogen-bond acceptors (Lipinski definition) is 6. The predicted molar refractivity (Wildman–Crippen MR) is 146 cm³/mol. The molecule has 1 saturated heterocycles. The van der Waals surface area contributed by atoms with Crippen molar-refractivity contribution in [3.05, 3.63) is 94.1 Å². The zero-order chi connectivity index (χ0) is 27.6. The Morgan fingerprint density at radius 2 is 1.66 bits per heavy atom. The van der Waals surface area contributed by atoms with Crippen LogP contribution in [0.2, 0.25) is 0 Å². The molecule has 4 rings (SSSR count). The molecule has 1 N–H and O–H groups in total. The highest BCUT2D eigenvalue weighted by atomic mass is 16.5. The Balaban J connectivity index is 1.91. The van der Waals surface area contributed by atoms with Gasteiger partial charge in [-0.15, -0.1) is 0 Å². The van der Waals surface area contributed by atoms with E-state index in [1.54, 1.807) is 25.3 Å². The summed E-state index contributed by atoms with van der Waals surface area (Å²) in [5, 5.41) is 11.6. The third kappa shape index (κ3) is 5.23. The average Bonchev–Trinajstić information content (AvgIpc) is 3.13. The Morgan fingerprint density at radius 3 is 2.29 bits per heavy atom. The van der Waals surface area contributed by atoms with Gasteiger partial charge in [0.15, 0.2) is 0 Å². The number of aliphatic hydroxyl groups excluding tert-OH is 1. The van der Waals surface area contributed by atoms with Gasteiger partial charge in [-0.25, -0.2) is 0 Å². The van der Waals surface area contributed by atoms with E-state index >= 15 is 0 Å². The van der Waals surface area contributed by atoms with Crippen LogP contribution in [0, 0.1) is 13.8 Å². The van der Waals surface area contributed by atoms with Crippen molar-refractivity contribution in [2.75, 3.05) is 14.2 Å². The average molecular weight is 516 g/mol. The van der Waals surface area contributed by atoms with Crippen LogP contribution in [-0.4, -0.2) is 42.0 Å². The first-order valence-corrected chi connectivity index (χ1v) is 12.5. The number of benzene rings is 3. The molecule has 3 aromatic rings. The van der Waals surface area contributed by atoms with Crippen LogP contribution in [-0.2, 0) is 16.1 Å². The van der Waals surface area contributed by atoms with Gasteiger partial charge >= 0.3 is 0 Å². The maximum Gasteiger partial charge on any atom is 0.295 e. The molecule has 1 aliphatic rings. The number of aryl methyl sites for hydroxylation is 2. The highest BCUT2D eigenvalue weighted by Crippen LogP contribution is 2.43. The summed E-state index contributed by atoms with van der Waals surface area (Å²) in [6.07, 6.45) is -0.0598. The summed E-state index contributed by atoms with van der Waals surface area (Å²) in [7, 11) is 3.10. The maximum atomic E-state index is 13.5. The van der Waals surface area contributed by atoms with Crippen molar-refractivity contribution < 1.29 is 28.9 Å². The first kappa shape index (κ1) is 26.8. The molecule has 0 saturated carbocycles. The number of aliphatic hydroxyl groups is 1. The van der Waals surface area contributed by atoms with E-state index in [1.165, 1.54) is 12.0 Å². The number of carbonyl (C=O) groups excluding carboxylic acids is 2. The highest BCUT2D eigenvalue weighted by Gasteiger charge is 2.46. The predicted octanol–water partition coefficient (Wildman–Crippen LogP) is 5.73. The zero-order valence-electron chi connectivity index (χ0n) is 22.6. The van der Waals surface area contributed by atoms with Gasteiger partial charge in [-0.2, -0.15) is 0 Å². The molecule has 7 heteroatoms. The minimum atomic E-state index is -0.835. The van der Waals surface area contributed by atoms with E-state index in [2.05, 4.69) is 0 Å². The molecule has 0 aliphatic carbocycles. The minimum Gasteiger partial charge on any atom is -0.507 e. The Hall–Kier alpha value is -4.26. The number of carbonyl (C=O) groups is 2. The van der Waals surface area contributed by atoms with Crippen LogP contribution in [0.25, 0.3) is 5.76 Å². The maximum absolute atomic E-state index is 13.5. The van der Waals surface area contributed by atoms with Gasteiger partial charge in [0.2, 0.25) is 0 Å². The van der Waals surface area contributed by atoms with Gasteiger partial charge in [0.05, 0.1) is 37.5 Å². The second-order valence-electron chi connectivity index (χ2n) is 9.68. The molecule has 0 bridgehead atoms. The SMILES string of the molecule is COc1ccc(CN2C(=O)C(=O)/C(=C(/O)c3cc(C)cc(C)c3OC)C2c2cccc(OC(C)C)c2)cc1. The van der Waals surface area contributed by atoms with Crippen LogP contribution >= 0.6 is 0 Å². The third-order valence-electron chi connectivity index (χ3n) is 6.48. The normalized spacial score (nSPS) is 16.7. The summed E-state index contributed by atoms with van der Waals surface area (Å²) in [6, 6.07) is 17.4. The number of ether oxygens (including phenoxy) is 3. The van der Waals surface area contributed by atoms with E-state index in [9.17, 15) is 14.7 Å². The lowest BCUT2D eigenvalue weighted by Crippen LogP contribution is -2.29. The fraction of sp³-hybridized carbons (Fsp3) is 0.290. The molecule has 0 spiro atoms. The van der Waals surface area contributed by atoms with Gasteiger partial charge in [-0.3, -0.25) is 9.59 Å². The monoisotopic (exact) mass is 515 g/mol. The van der Waals surface area contributed by atoms with Gasteiger partial charge in [-0.05, 0) is 80.3 Å². The van der Waals surface area contributed by atoms with Crippen LogP contribution < -0.4 is 14.2 Å². The standard InChI is InChI=1S/C31H33NO6/c1-18(2)38-24-9-7-8-22(16-24)27-26(28(33)25-15-19(3)14-20(4)30(25)37-6)29(34)31(35)32(27)17-21-10-12-23(36-5)13-11-21/h7-16,18,27,33H,17H2,1-6H3/b28-26+. The van der Waals surface area contributed by atoms with E-state index in [-0.39, 0.29) is 24.0 Å². The molecule has 7 nitrogen and oxygen atoms in total. The number of nitrogens with zero attached hydrogens (tertiary/aromatic N) is 1. The van der Waals surface area contributed by atoms with Crippen molar-refractivity contribution in [1.82, 2.24) is 4.90 Å². The Bertz CT molecular complexity index is 1390. The molecule has 0 radical (unpaired) electrons. The van der Waals surface area contributed by atoms with Gasteiger partial charge in [0, 0.05) is 6.54 Å². The lowest BCUT2D eigenvalue weighted by atomic mass is 9.93. The second-order valence-corrected chi connectivity index (χ2v) is 9.68. The molecular formula is C31H33NO6. The highest BCUT2D eigenvalue weighted by molar-refractivity contribution is 6.46. The molecule has 1 amide bonds. The molecule has 1 aliphatic heterocycles. The summed E-state index contributed by atoms with van der Waals surface area (Å²) in [6.45, 7) is 7.78. The molecular weight excluding hydrogens is 482 g/mol. The molecule has 1 heterocycles. The van der Waals surface area contributed by atoms with Crippen LogP contribution in [0.4, 0.5) is 0 Å². The van der Waals surface area contributed by atoms with Gasteiger partial charge in [0.25, 0.3) is 11.7 Å². The summed E-state index contributed by atoms with van der Waals surface area (Å²) in [5.41, 5.74) is 3.55. The van der Waals surface area contributed by atoms with Crippen molar-refractivity contribution in [1.29, 1.82) is 0 Å². The van der Waals surface area contributed by atoms with E-state index in [0.717, 1.165) is 16.7 Å². The molecule has 0 aromatic heterocycles. The van der Waals surface area contributed by atoms with Crippen molar-refractivity contribution >= 4 is 17.4 Å². The summed E-state index contributed by atoms with van der Waals surface area (Å²) < 4.78 is 16.7. The van der Waals surface area contributed by atoms with Crippen LogP contribution in [0.3, 0.4) is 0 Å². The van der Waals surface area contributed by atoms with Crippen LogP contribution in [0.5, 0.6) is 17.2 Å². The number of ketones is 1. The smallest absolute Gasteiger partial charge is 0.295 e. The van der Waals surface area contributed by atoms with Crippen molar-refractivity contribution in [2.45, 2.75) is 46.4 Å². The first-order chi connectivity index (χ1) is 18.1. The Labute approximate surface area is 223 Å². The van der Waals surface area contributed by atoms with Crippen molar-refractivity contribution in [2.24, 2.45) is 0 Å². The number of Topliss-reactive ketones (excluding diaryl/α,β-unsaturated/α-hetero) is 1. The van der Waals surface area contributed by atoms with Crippen molar-refractivity contribution in [3.63, 3.8) is 0 Å². The van der Waals surface area contributed by atoms with Crippen LogP contribution in [0.1, 0.15) is 47.7 Å². The number of likely N-dealkylation sites (tertiary alicyclic amines) is 1. The molecule has 3 aromatic carbocycles. The Kier molecular flexibility index (Phi) is 7.76. The van der Waals surface area contributed by atoms with Gasteiger partial charge < -0.3 is 24.2 Å². The lowest BCUT2D eigenvalue weighted by Gasteiger charge is -2.26. The molecule has 198 valence electrons. The molecule has 1 fully saturated rings. The van der Waals surface area contributed by atoms with Gasteiger partial charge in [0.1, 0.15) is 23.0 Å². The second kappa shape index (κ2) is 11.0. The summed E-state index contributed by atoms with van der Waals surface area (Å²) >= 11 is 0. The van der Waals surface area contributed by atoms with E-state index < -0.39 is 17.7 Å². The summed E-state index contributed by atoms with van der Waals surface area (Å²) in [5.74, 6) is 0.0297. The largest absolute Gasteiger partial charge is 0.507 e. The van der Waals surface area contributed by atoms with Crippen molar-refractivity contribution in [3.8, 4) is 17.2 Å². The topological polar surface area (TPSA) is 85.3 Å². The van der Waals surface area contributed by atoms with E-state index in [0.29, 0.717) is 28.4 Å². The lowest BCUT2D eigenvalue weighted by molar-refractivity contribution is -0.140. The third-order valence-corrected chi connectivity index (χ3v) is 6.48. The Morgan fingerprint density at radius 1 is 0.947 bits per heavy atom. The minimum absolute atomic E-state index is 0.00788. The molecule has 1 atom stereocenters. The number of hydrogen-bond donors (Lipinski definition) is 1. The number of rotatable bonds is 8. The van der Waals surface area contributed by atoms with E-state index in [4.69, 9.17) is 14.2 Å². The molecule has 1 unspecified atom stereocenters. The van der Waals surface area contributed by atoms with Crippen LogP contribution in [0.15, 0.2) is 66.2 Å². The summed E-state index contributed by atoms with van der Waals surface area (Å²) in [4.78, 5) is 28.5. The zero-order valence-corrected chi connectivity index (χ0v) is 22.6. The number of methoxy groups -OCH3 is 2. The van der Waals surface area contributed by atoms with Gasteiger partial charge in [-0.1, -0.05) is 30.3 Å². The first-order valence-electron chi connectivity index (χ1n) is 12.5. The number of amides is 1. The fourth-order valence-corrected chi connectivity index (χ4v) is 4.89.